The molecule has 0 aliphatic heterocycles. The van der Waals surface area contributed by atoms with Crippen LogP contribution in [-0.4, -0.2) is 22.6 Å². The molecule has 0 saturated carbocycles. The zero-order valence-corrected chi connectivity index (χ0v) is 11.2. The number of halogens is 2. The van der Waals surface area contributed by atoms with Gasteiger partial charge in [-0.05, 0) is 6.07 Å². The molecule has 19 heavy (non-hydrogen) atoms. The standard InChI is InChI=1S/C12H7Cl2N3O2/c1-19-12(18)10-2-8(13)6-17(10)9-3-11(14)16-5-7(9)4-15/h2-3,5-6H,1H3. The van der Waals surface area contributed by atoms with Gasteiger partial charge in [0.2, 0.25) is 0 Å². The van der Waals surface area contributed by atoms with Crippen LogP contribution >= 0.6 is 23.2 Å². The second-order valence-electron chi connectivity index (χ2n) is 3.54. The van der Waals surface area contributed by atoms with Crippen LogP contribution in [0.5, 0.6) is 0 Å². The molecule has 0 bridgehead atoms. The number of aromatic nitrogens is 2. The largest absolute Gasteiger partial charge is 0.464 e. The van der Waals surface area contributed by atoms with Gasteiger partial charge in [0.05, 0.1) is 23.4 Å². The maximum absolute atomic E-state index is 11.7. The highest BCUT2D eigenvalue weighted by Gasteiger charge is 2.17. The van der Waals surface area contributed by atoms with E-state index in [2.05, 4.69) is 9.72 Å². The number of nitrogens with zero attached hydrogens (tertiary/aromatic N) is 3. The third-order valence-corrected chi connectivity index (χ3v) is 2.82. The topological polar surface area (TPSA) is 67.9 Å². The fraction of sp³-hybridized carbons (Fsp3) is 0.0833. The number of carbonyl (C=O) groups is 1. The highest BCUT2D eigenvalue weighted by Crippen LogP contribution is 2.24. The van der Waals surface area contributed by atoms with Crippen molar-refractivity contribution in [2.45, 2.75) is 0 Å². The van der Waals surface area contributed by atoms with Gasteiger partial charge in [-0.1, -0.05) is 23.2 Å². The molecule has 5 nitrogen and oxygen atoms in total. The van der Waals surface area contributed by atoms with E-state index in [0.29, 0.717) is 10.7 Å². The molecular weight excluding hydrogens is 289 g/mol. The van der Waals surface area contributed by atoms with Gasteiger partial charge in [0.1, 0.15) is 16.9 Å². The van der Waals surface area contributed by atoms with Crippen molar-refractivity contribution in [1.29, 1.82) is 5.26 Å². The Hall–Kier alpha value is -2.03. The van der Waals surface area contributed by atoms with Crippen molar-refractivity contribution in [2.75, 3.05) is 7.11 Å². The Balaban J connectivity index is 2.69. The minimum absolute atomic E-state index is 0.200. The van der Waals surface area contributed by atoms with Crippen LogP contribution in [0.15, 0.2) is 24.5 Å². The lowest BCUT2D eigenvalue weighted by Crippen LogP contribution is -2.09. The quantitative estimate of drug-likeness (QED) is 0.631. The van der Waals surface area contributed by atoms with Gasteiger partial charge in [0, 0.05) is 18.5 Å². The van der Waals surface area contributed by atoms with Crippen molar-refractivity contribution >= 4 is 29.2 Å². The van der Waals surface area contributed by atoms with Crippen molar-refractivity contribution in [3.8, 4) is 11.8 Å². The lowest BCUT2D eigenvalue weighted by atomic mass is 10.2. The van der Waals surface area contributed by atoms with Crippen LogP contribution in [0, 0.1) is 11.3 Å². The maximum Gasteiger partial charge on any atom is 0.355 e. The Bertz CT molecular complexity index is 689. The van der Waals surface area contributed by atoms with Crippen LogP contribution < -0.4 is 0 Å². The lowest BCUT2D eigenvalue weighted by Gasteiger charge is -2.09. The van der Waals surface area contributed by atoms with Crippen LogP contribution in [0.3, 0.4) is 0 Å². The van der Waals surface area contributed by atoms with Crippen molar-refractivity contribution in [2.24, 2.45) is 0 Å². The molecular formula is C12H7Cl2N3O2. The molecule has 2 rings (SSSR count). The van der Waals surface area contributed by atoms with Crippen LogP contribution in [0.25, 0.3) is 5.69 Å². The Morgan fingerprint density at radius 3 is 2.84 bits per heavy atom. The molecule has 2 aromatic rings. The second kappa shape index (κ2) is 5.31. The highest BCUT2D eigenvalue weighted by molar-refractivity contribution is 6.31. The minimum Gasteiger partial charge on any atom is -0.464 e. The van der Waals surface area contributed by atoms with E-state index in [4.69, 9.17) is 28.5 Å². The molecule has 0 amide bonds. The molecule has 0 aromatic carbocycles. The summed E-state index contributed by atoms with van der Waals surface area (Å²) < 4.78 is 6.11. The fourth-order valence-corrected chi connectivity index (χ4v) is 1.95. The van der Waals surface area contributed by atoms with Crippen molar-refractivity contribution < 1.29 is 9.53 Å². The molecule has 0 saturated heterocycles. The third kappa shape index (κ3) is 2.55. The zero-order chi connectivity index (χ0) is 14.0. The molecule has 0 radical (unpaired) electrons. The van der Waals surface area contributed by atoms with Gasteiger partial charge < -0.3 is 9.30 Å². The number of methoxy groups -OCH3 is 1. The van der Waals surface area contributed by atoms with E-state index >= 15 is 0 Å². The van der Waals surface area contributed by atoms with Gasteiger partial charge in [-0.25, -0.2) is 9.78 Å². The van der Waals surface area contributed by atoms with E-state index in [9.17, 15) is 4.79 Å². The molecule has 0 fully saturated rings. The molecule has 2 aromatic heterocycles. The Labute approximate surface area is 118 Å². The number of hydrogen-bond acceptors (Lipinski definition) is 4. The molecule has 2 heterocycles. The van der Waals surface area contributed by atoms with Gasteiger partial charge in [-0.2, -0.15) is 5.26 Å². The zero-order valence-electron chi connectivity index (χ0n) is 9.72. The number of pyridine rings is 1. The SMILES string of the molecule is COC(=O)c1cc(Cl)cn1-c1cc(Cl)ncc1C#N. The van der Waals surface area contributed by atoms with Gasteiger partial charge >= 0.3 is 5.97 Å². The first-order valence-electron chi connectivity index (χ1n) is 5.09. The van der Waals surface area contributed by atoms with Crippen molar-refractivity contribution in [3.05, 3.63) is 46.0 Å². The number of ether oxygens (including phenoxy) is 1. The lowest BCUT2D eigenvalue weighted by molar-refractivity contribution is 0.0591. The molecule has 96 valence electrons. The summed E-state index contributed by atoms with van der Waals surface area (Å²) in [6.07, 6.45) is 2.83. The third-order valence-electron chi connectivity index (χ3n) is 2.41. The van der Waals surface area contributed by atoms with Gasteiger partial charge in [0.15, 0.2) is 0 Å². The Morgan fingerprint density at radius 1 is 1.47 bits per heavy atom. The average Bonchev–Trinajstić information content (AvgIpc) is 2.79. The summed E-state index contributed by atoms with van der Waals surface area (Å²) >= 11 is 11.7. The Morgan fingerprint density at radius 2 is 2.21 bits per heavy atom. The average molecular weight is 296 g/mol. The van der Waals surface area contributed by atoms with Gasteiger partial charge in [0.25, 0.3) is 0 Å². The summed E-state index contributed by atoms with van der Waals surface area (Å²) in [5.74, 6) is -0.566. The maximum atomic E-state index is 11.7. The predicted octanol–water partition coefficient (Wildman–Crippen LogP) is 2.84. The Kier molecular flexibility index (Phi) is 3.74. The number of hydrogen-bond donors (Lipinski definition) is 0. The summed E-state index contributed by atoms with van der Waals surface area (Å²) in [5, 5.41) is 9.62. The summed E-state index contributed by atoms with van der Waals surface area (Å²) in [4.78, 5) is 15.5. The van der Waals surface area contributed by atoms with Gasteiger partial charge in [-0.15, -0.1) is 0 Å². The van der Waals surface area contributed by atoms with E-state index in [1.54, 1.807) is 0 Å². The molecule has 0 spiro atoms. The summed E-state index contributed by atoms with van der Waals surface area (Å²) in [7, 11) is 1.26. The molecule has 0 aliphatic carbocycles. The second-order valence-corrected chi connectivity index (χ2v) is 4.36. The fourth-order valence-electron chi connectivity index (χ4n) is 1.60. The number of esters is 1. The van der Waals surface area contributed by atoms with E-state index < -0.39 is 5.97 Å². The first-order chi connectivity index (χ1) is 9.06. The highest BCUT2D eigenvalue weighted by atomic mass is 35.5. The molecule has 7 heteroatoms. The van der Waals surface area contributed by atoms with Crippen LogP contribution in [0.1, 0.15) is 16.1 Å². The van der Waals surface area contributed by atoms with E-state index in [-0.39, 0.29) is 16.4 Å². The van der Waals surface area contributed by atoms with Gasteiger partial charge in [-0.3, -0.25) is 0 Å². The number of nitriles is 1. The van der Waals surface area contributed by atoms with Crippen LogP contribution in [0.4, 0.5) is 0 Å². The summed E-state index contributed by atoms with van der Waals surface area (Å²) in [6.45, 7) is 0. The first kappa shape index (κ1) is 13.4. The number of rotatable bonds is 2. The summed E-state index contributed by atoms with van der Waals surface area (Å²) in [6, 6.07) is 4.90. The molecule has 0 N–H and O–H groups in total. The molecule has 0 unspecified atom stereocenters. The molecule has 0 atom stereocenters. The normalized spacial score (nSPS) is 10.0. The number of carbonyl (C=O) groups excluding carboxylic acids is 1. The van der Waals surface area contributed by atoms with E-state index in [1.807, 2.05) is 6.07 Å². The van der Waals surface area contributed by atoms with Crippen molar-refractivity contribution in [1.82, 2.24) is 9.55 Å². The first-order valence-corrected chi connectivity index (χ1v) is 5.84. The monoisotopic (exact) mass is 295 g/mol. The predicted molar refractivity (Wildman–Crippen MR) is 69.6 cm³/mol. The van der Waals surface area contributed by atoms with Crippen molar-refractivity contribution in [3.63, 3.8) is 0 Å². The van der Waals surface area contributed by atoms with E-state index in [0.717, 1.165) is 0 Å². The molecule has 0 aliphatic rings. The van der Waals surface area contributed by atoms with E-state index in [1.165, 1.54) is 36.2 Å². The minimum atomic E-state index is -0.566. The summed E-state index contributed by atoms with van der Waals surface area (Å²) in [5.41, 5.74) is 0.878. The van der Waals surface area contributed by atoms with Crippen LogP contribution in [-0.2, 0) is 4.74 Å². The van der Waals surface area contributed by atoms with Crippen LogP contribution in [0.2, 0.25) is 10.2 Å². The smallest absolute Gasteiger partial charge is 0.355 e.